The van der Waals surface area contributed by atoms with Crippen molar-refractivity contribution in [2.75, 3.05) is 6.61 Å². The summed E-state index contributed by atoms with van der Waals surface area (Å²) in [5.74, 6) is 0.0565. The van der Waals surface area contributed by atoms with Gasteiger partial charge < -0.3 is 15.4 Å². The standard InChI is InChI=1S/C17H23ClN2O2S/c1-10-8-17(15-12(3-6-22-17)7-14(18)23-15)9-13(19-10)16(4-5-16)20-11(2)21/h7,10,13,19H,3-6,8-9H2,1-2H3,(H,20,21)/t10-,13-,17-/m0/s1. The predicted molar refractivity (Wildman–Crippen MR) is 92.1 cm³/mol. The maximum atomic E-state index is 11.6. The Balaban J connectivity index is 1.67. The van der Waals surface area contributed by atoms with Crippen LogP contribution in [0.1, 0.15) is 50.0 Å². The lowest BCUT2D eigenvalue weighted by atomic mass is 9.77. The van der Waals surface area contributed by atoms with Gasteiger partial charge in [0.15, 0.2) is 0 Å². The molecule has 23 heavy (non-hydrogen) atoms. The molecule has 1 spiro atoms. The summed E-state index contributed by atoms with van der Waals surface area (Å²) >= 11 is 7.96. The lowest BCUT2D eigenvalue weighted by Gasteiger charge is -2.48. The fourth-order valence-electron chi connectivity index (χ4n) is 4.46. The molecule has 6 heteroatoms. The van der Waals surface area contributed by atoms with Gasteiger partial charge in [-0.25, -0.2) is 0 Å². The number of halogens is 1. The van der Waals surface area contributed by atoms with Gasteiger partial charge in [0.25, 0.3) is 0 Å². The molecule has 1 aromatic rings. The number of nitrogens with one attached hydrogen (secondary N) is 2. The van der Waals surface area contributed by atoms with Crippen LogP contribution in [0.2, 0.25) is 4.34 Å². The molecule has 4 rings (SSSR count). The van der Waals surface area contributed by atoms with Crippen molar-refractivity contribution in [3.63, 3.8) is 0 Å². The van der Waals surface area contributed by atoms with Gasteiger partial charge in [-0.05, 0) is 50.7 Å². The first-order chi connectivity index (χ1) is 10.9. The monoisotopic (exact) mass is 354 g/mol. The molecule has 1 aliphatic carbocycles. The molecule has 126 valence electrons. The van der Waals surface area contributed by atoms with Crippen LogP contribution in [0, 0.1) is 0 Å². The largest absolute Gasteiger partial charge is 0.369 e. The molecule has 2 aliphatic heterocycles. The minimum absolute atomic E-state index is 0.0565. The Kier molecular flexibility index (Phi) is 3.76. The first kappa shape index (κ1) is 15.9. The molecule has 0 unspecified atom stereocenters. The van der Waals surface area contributed by atoms with Gasteiger partial charge in [-0.2, -0.15) is 0 Å². The highest BCUT2D eigenvalue weighted by atomic mass is 35.5. The van der Waals surface area contributed by atoms with Gasteiger partial charge in [-0.1, -0.05) is 11.6 Å². The van der Waals surface area contributed by atoms with E-state index in [1.165, 1.54) is 10.4 Å². The zero-order valence-corrected chi connectivity index (χ0v) is 15.1. The Morgan fingerprint density at radius 2 is 2.26 bits per heavy atom. The van der Waals surface area contributed by atoms with E-state index in [1.54, 1.807) is 18.3 Å². The van der Waals surface area contributed by atoms with E-state index in [4.69, 9.17) is 16.3 Å². The maximum absolute atomic E-state index is 11.6. The number of ether oxygens (including phenoxy) is 1. The number of hydrogen-bond acceptors (Lipinski definition) is 4. The van der Waals surface area contributed by atoms with E-state index in [1.807, 2.05) is 0 Å². The van der Waals surface area contributed by atoms with Crippen molar-refractivity contribution in [1.82, 2.24) is 10.6 Å². The molecule has 1 saturated carbocycles. The van der Waals surface area contributed by atoms with Gasteiger partial charge in [0.05, 0.1) is 16.5 Å². The first-order valence-electron chi connectivity index (χ1n) is 8.40. The van der Waals surface area contributed by atoms with Crippen LogP contribution in [0.5, 0.6) is 0 Å². The van der Waals surface area contributed by atoms with Crippen molar-refractivity contribution >= 4 is 28.8 Å². The van der Waals surface area contributed by atoms with Crippen LogP contribution in [0.15, 0.2) is 6.07 Å². The summed E-state index contributed by atoms with van der Waals surface area (Å²) in [5.41, 5.74) is 1.02. The summed E-state index contributed by atoms with van der Waals surface area (Å²) in [4.78, 5) is 12.9. The van der Waals surface area contributed by atoms with Crippen LogP contribution in [-0.2, 0) is 21.6 Å². The molecule has 3 heterocycles. The van der Waals surface area contributed by atoms with Gasteiger partial charge in [0.1, 0.15) is 5.60 Å². The highest BCUT2D eigenvalue weighted by Crippen LogP contribution is 2.51. The molecule has 3 atom stereocenters. The third-order valence-corrected chi connectivity index (χ3v) is 6.97. The van der Waals surface area contributed by atoms with E-state index in [2.05, 4.69) is 23.6 Å². The van der Waals surface area contributed by atoms with E-state index in [9.17, 15) is 4.79 Å². The Bertz CT molecular complexity index is 643. The number of amides is 1. The van der Waals surface area contributed by atoms with Crippen molar-refractivity contribution in [1.29, 1.82) is 0 Å². The highest BCUT2D eigenvalue weighted by Gasteiger charge is 2.56. The second kappa shape index (κ2) is 5.45. The molecule has 1 saturated heterocycles. The number of fused-ring (bicyclic) bond motifs is 2. The second-order valence-corrected chi connectivity index (χ2v) is 9.05. The summed E-state index contributed by atoms with van der Waals surface area (Å²) in [6.45, 7) is 4.58. The molecule has 3 aliphatic rings. The van der Waals surface area contributed by atoms with E-state index in [0.29, 0.717) is 6.04 Å². The predicted octanol–water partition coefficient (Wildman–Crippen LogP) is 2.98. The Hall–Kier alpha value is -0.620. The summed E-state index contributed by atoms with van der Waals surface area (Å²) in [6, 6.07) is 2.71. The molecular formula is C17H23ClN2O2S. The molecule has 0 aromatic carbocycles. The summed E-state index contributed by atoms with van der Waals surface area (Å²) < 4.78 is 7.23. The topological polar surface area (TPSA) is 50.4 Å². The molecule has 1 amide bonds. The van der Waals surface area contributed by atoms with Gasteiger partial charge in [0, 0.05) is 23.9 Å². The van der Waals surface area contributed by atoms with Gasteiger partial charge in [0.2, 0.25) is 5.91 Å². The normalized spacial score (nSPS) is 34.9. The Labute approximate surface area is 145 Å². The molecule has 4 nitrogen and oxygen atoms in total. The maximum Gasteiger partial charge on any atom is 0.217 e. The first-order valence-corrected chi connectivity index (χ1v) is 9.59. The Morgan fingerprint density at radius 1 is 1.48 bits per heavy atom. The molecule has 0 radical (unpaired) electrons. The lowest BCUT2D eigenvalue weighted by molar-refractivity contribution is -0.122. The smallest absolute Gasteiger partial charge is 0.217 e. The zero-order valence-electron chi connectivity index (χ0n) is 13.6. The minimum Gasteiger partial charge on any atom is -0.369 e. The number of hydrogen-bond donors (Lipinski definition) is 2. The lowest BCUT2D eigenvalue weighted by Crippen LogP contribution is -2.61. The molecule has 2 fully saturated rings. The van der Waals surface area contributed by atoms with Gasteiger partial charge in [-0.15, -0.1) is 11.3 Å². The summed E-state index contributed by atoms with van der Waals surface area (Å²) in [7, 11) is 0. The van der Waals surface area contributed by atoms with Crippen LogP contribution in [0.25, 0.3) is 0 Å². The third-order valence-electron chi connectivity index (χ3n) is 5.48. The average molecular weight is 355 g/mol. The minimum atomic E-state index is -0.241. The van der Waals surface area contributed by atoms with E-state index in [-0.39, 0.29) is 23.1 Å². The van der Waals surface area contributed by atoms with Crippen LogP contribution >= 0.6 is 22.9 Å². The molecule has 2 N–H and O–H groups in total. The van der Waals surface area contributed by atoms with Crippen molar-refractivity contribution in [3.8, 4) is 0 Å². The fraction of sp³-hybridized carbons (Fsp3) is 0.706. The number of carbonyl (C=O) groups is 1. The number of rotatable bonds is 2. The van der Waals surface area contributed by atoms with Crippen LogP contribution < -0.4 is 10.6 Å². The van der Waals surface area contributed by atoms with Gasteiger partial charge >= 0.3 is 0 Å². The number of thiophene rings is 1. The second-order valence-electron chi connectivity index (χ2n) is 7.36. The van der Waals surface area contributed by atoms with E-state index in [0.717, 1.165) is 43.0 Å². The number of carbonyl (C=O) groups excluding carboxylic acids is 1. The van der Waals surface area contributed by atoms with Crippen molar-refractivity contribution in [2.45, 2.75) is 69.2 Å². The third kappa shape index (κ3) is 2.72. The molecule has 0 bridgehead atoms. The van der Waals surface area contributed by atoms with Crippen LogP contribution in [-0.4, -0.2) is 30.1 Å². The highest BCUT2D eigenvalue weighted by molar-refractivity contribution is 7.16. The SMILES string of the molecule is CC(=O)NC1([C@@H]2C[C@]3(C[C@H](C)N2)OCCc2cc(Cl)sc23)CC1. The van der Waals surface area contributed by atoms with E-state index < -0.39 is 0 Å². The van der Waals surface area contributed by atoms with E-state index >= 15 is 0 Å². The fourth-order valence-corrected chi connectivity index (χ4v) is 5.92. The van der Waals surface area contributed by atoms with Crippen LogP contribution in [0.4, 0.5) is 0 Å². The summed E-state index contributed by atoms with van der Waals surface area (Å²) in [5, 5.41) is 6.90. The quantitative estimate of drug-likeness (QED) is 0.858. The van der Waals surface area contributed by atoms with Crippen molar-refractivity contribution < 1.29 is 9.53 Å². The molecular weight excluding hydrogens is 332 g/mol. The van der Waals surface area contributed by atoms with Gasteiger partial charge in [-0.3, -0.25) is 4.79 Å². The van der Waals surface area contributed by atoms with Crippen molar-refractivity contribution in [2.24, 2.45) is 0 Å². The number of piperidine rings is 1. The van der Waals surface area contributed by atoms with Crippen molar-refractivity contribution in [3.05, 3.63) is 20.8 Å². The molecule has 1 aromatic heterocycles. The zero-order chi connectivity index (χ0) is 16.2. The summed E-state index contributed by atoms with van der Waals surface area (Å²) in [6.07, 6.45) is 4.91. The van der Waals surface area contributed by atoms with Crippen LogP contribution in [0.3, 0.4) is 0 Å². The Morgan fingerprint density at radius 3 is 2.96 bits per heavy atom. The average Bonchev–Trinajstić information content (AvgIpc) is 3.12.